The molecule has 1 fully saturated rings. The third-order valence-corrected chi connectivity index (χ3v) is 3.50. The van der Waals surface area contributed by atoms with E-state index >= 15 is 0 Å². The average Bonchev–Trinajstić information content (AvgIpc) is 2.83. The van der Waals surface area contributed by atoms with Gasteiger partial charge < -0.3 is 15.4 Å². The van der Waals surface area contributed by atoms with Crippen molar-refractivity contribution in [3.05, 3.63) is 0 Å². The van der Waals surface area contributed by atoms with Crippen molar-refractivity contribution < 1.29 is 19.1 Å². The molecular formula is C14H24N2O4. The number of esters is 1. The van der Waals surface area contributed by atoms with E-state index in [0.717, 1.165) is 12.8 Å². The first-order valence-corrected chi connectivity index (χ1v) is 6.89. The summed E-state index contributed by atoms with van der Waals surface area (Å²) in [7, 11) is 1.32. The average molecular weight is 284 g/mol. The van der Waals surface area contributed by atoms with Crippen molar-refractivity contribution in [1.29, 1.82) is 0 Å². The van der Waals surface area contributed by atoms with Crippen LogP contribution in [0.1, 0.15) is 46.5 Å². The van der Waals surface area contributed by atoms with Crippen molar-refractivity contribution in [2.75, 3.05) is 13.7 Å². The summed E-state index contributed by atoms with van der Waals surface area (Å²) in [5, 5.41) is 5.29. The van der Waals surface area contributed by atoms with E-state index in [1.165, 1.54) is 7.11 Å². The first kappa shape index (κ1) is 16.5. The van der Waals surface area contributed by atoms with Crippen LogP contribution in [0.3, 0.4) is 0 Å². The van der Waals surface area contributed by atoms with E-state index < -0.39 is 16.9 Å². The van der Waals surface area contributed by atoms with Gasteiger partial charge in [0.25, 0.3) is 0 Å². The standard InChI is InChI=1S/C14H24N2O4/c1-13(2,3)11(18)15-9-10(17)16-14(12(19)20-4)7-5-6-8-14/h5-9H2,1-4H3,(H,15,18)(H,16,17). The van der Waals surface area contributed by atoms with Crippen molar-refractivity contribution in [3.8, 4) is 0 Å². The molecule has 0 heterocycles. The lowest BCUT2D eigenvalue weighted by Gasteiger charge is -2.27. The van der Waals surface area contributed by atoms with E-state index in [2.05, 4.69) is 10.6 Å². The van der Waals surface area contributed by atoms with E-state index in [4.69, 9.17) is 4.74 Å². The molecule has 0 radical (unpaired) electrons. The Kier molecular flexibility index (Phi) is 5.14. The monoisotopic (exact) mass is 284 g/mol. The maximum atomic E-state index is 11.9. The van der Waals surface area contributed by atoms with Crippen LogP contribution in [0.2, 0.25) is 0 Å². The van der Waals surface area contributed by atoms with Crippen LogP contribution in [0.4, 0.5) is 0 Å². The molecule has 1 aliphatic carbocycles. The maximum Gasteiger partial charge on any atom is 0.331 e. The van der Waals surface area contributed by atoms with Crippen LogP contribution in [-0.4, -0.2) is 37.0 Å². The van der Waals surface area contributed by atoms with Gasteiger partial charge in [-0.2, -0.15) is 0 Å². The van der Waals surface area contributed by atoms with Crippen LogP contribution in [0.15, 0.2) is 0 Å². The molecule has 6 heteroatoms. The third kappa shape index (κ3) is 3.95. The SMILES string of the molecule is COC(=O)C1(NC(=O)CNC(=O)C(C)(C)C)CCCC1. The van der Waals surface area contributed by atoms with Gasteiger partial charge in [-0.1, -0.05) is 33.6 Å². The molecule has 0 aliphatic heterocycles. The number of nitrogens with one attached hydrogen (secondary N) is 2. The summed E-state index contributed by atoms with van der Waals surface area (Å²) >= 11 is 0. The van der Waals surface area contributed by atoms with Gasteiger partial charge in [-0.05, 0) is 12.8 Å². The Hall–Kier alpha value is -1.59. The summed E-state index contributed by atoms with van der Waals surface area (Å²) in [5.41, 5.74) is -1.47. The van der Waals surface area contributed by atoms with Crippen LogP contribution in [0, 0.1) is 5.41 Å². The van der Waals surface area contributed by atoms with Crippen LogP contribution >= 0.6 is 0 Å². The summed E-state index contributed by atoms with van der Waals surface area (Å²) in [6.45, 7) is 5.18. The molecule has 0 aromatic carbocycles. The second-order valence-corrected chi connectivity index (χ2v) is 6.26. The lowest BCUT2D eigenvalue weighted by molar-refractivity contribution is -0.150. The summed E-state index contributed by atoms with van der Waals surface area (Å²) in [4.78, 5) is 35.5. The van der Waals surface area contributed by atoms with Crippen molar-refractivity contribution in [1.82, 2.24) is 10.6 Å². The van der Waals surface area contributed by atoms with E-state index in [1.807, 2.05) is 0 Å². The molecule has 1 saturated carbocycles. The Morgan fingerprint density at radius 3 is 2.15 bits per heavy atom. The van der Waals surface area contributed by atoms with Gasteiger partial charge in [-0.15, -0.1) is 0 Å². The molecule has 2 N–H and O–H groups in total. The number of rotatable bonds is 4. The molecule has 0 aromatic rings. The quantitative estimate of drug-likeness (QED) is 0.746. The Bertz CT molecular complexity index is 392. The molecule has 2 amide bonds. The van der Waals surface area contributed by atoms with Gasteiger partial charge in [0.1, 0.15) is 5.54 Å². The smallest absolute Gasteiger partial charge is 0.331 e. The molecule has 0 unspecified atom stereocenters. The van der Waals surface area contributed by atoms with Gasteiger partial charge in [0.2, 0.25) is 11.8 Å². The fourth-order valence-electron chi connectivity index (χ4n) is 2.29. The first-order chi connectivity index (χ1) is 9.21. The van der Waals surface area contributed by atoms with Gasteiger partial charge in [-0.3, -0.25) is 9.59 Å². The predicted molar refractivity (Wildman–Crippen MR) is 73.8 cm³/mol. The lowest BCUT2D eigenvalue weighted by Crippen LogP contribution is -2.55. The van der Waals surface area contributed by atoms with Gasteiger partial charge in [0, 0.05) is 5.41 Å². The molecule has 6 nitrogen and oxygen atoms in total. The highest BCUT2D eigenvalue weighted by molar-refractivity contribution is 5.91. The van der Waals surface area contributed by atoms with Crippen molar-refractivity contribution >= 4 is 17.8 Å². The van der Waals surface area contributed by atoms with Crippen molar-refractivity contribution in [2.24, 2.45) is 5.41 Å². The molecule has 0 spiro atoms. The summed E-state index contributed by atoms with van der Waals surface area (Å²) < 4.78 is 4.78. The minimum Gasteiger partial charge on any atom is -0.467 e. The van der Waals surface area contributed by atoms with Gasteiger partial charge in [-0.25, -0.2) is 4.79 Å². The van der Waals surface area contributed by atoms with Crippen molar-refractivity contribution in [3.63, 3.8) is 0 Å². The summed E-state index contributed by atoms with van der Waals surface area (Å²) in [6, 6.07) is 0. The molecular weight excluding hydrogens is 260 g/mol. The number of hydrogen-bond donors (Lipinski definition) is 2. The van der Waals surface area contributed by atoms with Gasteiger partial charge in [0.05, 0.1) is 13.7 Å². The van der Waals surface area contributed by atoms with Crippen LogP contribution in [-0.2, 0) is 19.1 Å². The molecule has 114 valence electrons. The Morgan fingerprint density at radius 1 is 1.15 bits per heavy atom. The number of hydrogen-bond acceptors (Lipinski definition) is 4. The highest BCUT2D eigenvalue weighted by Gasteiger charge is 2.43. The molecule has 1 rings (SSSR count). The van der Waals surface area contributed by atoms with E-state index in [1.54, 1.807) is 20.8 Å². The zero-order chi connectivity index (χ0) is 15.4. The number of amides is 2. The topological polar surface area (TPSA) is 84.5 Å². The molecule has 20 heavy (non-hydrogen) atoms. The lowest BCUT2D eigenvalue weighted by atomic mass is 9.95. The Labute approximate surface area is 119 Å². The second-order valence-electron chi connectivity index (χ2n) is 6.26. The Morgan fingerprint density at radius 2 is 1.70 bits per heavy atom. The molecule has 1 aliphatic rings. The normalized spacial score (nSPS) is 17.4. The van der Waals surface area contributed by atoms with Crippen LogP contribution in [0.25, 0.3) is 0 Å². The van der Waals surface area contributed by atoms with Crippen molar-refractivity contribution in [2.45, 2.75) is 52.0 Å². The van der Waals surface area contributed by atoms with Gasteiger partial charge >= 0.3 is 5.97 Å². The fraction of sp³-hybridized carbons (Fsp3) is 0.786. The largest absolute Gasteiger partial charge is 0.467 e. The highest BCUT2D eigenvalue weighted by atomic mass is 16.5. The molecule has 0 aromatic heterocycles. The minimum atomic E-state index is -0.918. The minimum absolute atomic E-state index is 0.130. The molecule has 0 bridgehead atoms. The van der Waals surface area contributed by atoms with Crippen LogP contribution in [0.5, 0.6) is 0 Å². The first-order valence-electron chi connectivity index (χ1n) is 6.89. The zero-order valence-corrected chi connectivity index (χ0v) is 12.7. The van der Waals surface area contributed by atoms with E-state index in [-0.39, 0.29) is 18.4 Å². The second kappa shape index (κ2) is 6.24. The van der Waals surface area contributed by atoms with Crippen LogP contribution < -0.4 is 10.6 Å². The maximum absolute atomic E-state index is 11.9. The number of carbonyl (C=O) groups is 3. The zero-order valence-electron chi connectivity index (χ0n) is 12.7. The fourth-order valence-corrected chi connectivity index (χ4v) is 2.29. The number of methoxy groups -OCH3 is 1. The van der Waals surface area contributed by atoms with Gasteiger partial charge in [0.15, 0.2) is 0 Å². The predicted octanol–water partition coefficient (Wildman–Crippen LogP) is 0.751. The number of carbonyl (C=O) groups excluding carboxylic acids is 3. The summed E-state index contributed by atoms with van der Waals surface area (Å²) in [5.74, 6) is -0.980. The highest BCUT2D eigenvalue weighted by Crippen LogP contribution is 2.30. The third-order valence-electron chi connectivity index (χ3n) is 3.50. The summed E-state index contributed by atoms with van der Waals surface area (Å²) in [6.07, 6.45) is 2.92. The molecule has 0 saturated heterocycles. The number of ether oxygens (including phenoxy) is 1. The van der Waals surface area contributed by atoms with E-state index in [9.17, 15) is 14.4 Å². The Balaban J connectivity index is 2.56. The molecule has 0 atom stereocenters. The van der Waals surface area contributed by atoms with E-state index in [0.29, 0.717) is 12.8 Å².